The minimum atomic E-state index is -0.564. The first kappa shape index (κ1) is 22.0. The number of halogens is 1. The second-order valence-electron chi connectivity index (χ2n) is 7.63. The van der Waals surface area contributed by atoms with Crippen molar-refractivity contribution in [1.29, 1.82) is 0 Å². The fourth-order valence-corrected chi connectivity index (χ4v) is 3.18. The molecule has 2 amide bonds. The van der Waals surface area contributed by atoms with Gasteiger partial charge in [-0.15, -0.1) is 0 Å². The van der Waals surface area contributed by atoms with E-state index in [1.54, 1.807) is 24.0 Å². The Hall–Kier alpha value is -2.33. The third-order valence-corrected chi connectivity index (χ3v) is 4.77. The predicted molar refractivity (Wildman–Crippen MR) is 114 cm³/mol. The van der Waals surface area contributed by atoms with Gasteiger partial charge < -0.3 is 10.2 Å². The van der Waals surface area contributed by atoms with Gasteiger partial charge in [-0.1, -0.05) is 67.4 Å². The summed E-state index contributed by atoms with van der Waals surface area (Å²) in [6.07, 6.45) is 0.203. The van der Waals surface area contributed by atoms with Gasteiger partial charge in [0, 0.05) is 18.1 Å². The standard InChI is InChI=1S/C23H29ClN2O2/c1-16(2)14-25-23(28)18(4)26(15-20-9-5-7-17(3)11-20)22(27)13-19-8-6-10-21(24)12-19/h5-12,16,18H,13-15H2,1-4H3,(H,25,28). The van der Waals surface area contributed by atoms with Crippen LogP contribution in [0, 0.1) is 12.8 Å². The maximum atomic E-state index is 13.1. The monoisotopic (exact) mass is 400 g/mol. The van der Waals surface area contributed by atoms with Crippen molar-refractivity contribution in [3.63, 3.8) is 0 Å². The van der Waals surface area contributed by atoms with Crippen molar-refractivity contribution in [2.24, 2.45) is 5.92 Å². The minimum Gasteiger partial charge on any atom is -0.354 e. The molecule has 4 nitrogen and oxygen atoms in total. The van der Waals surface area contributed by atoms with Crippen LogP contribution in [0.3, 0.4) is 0 Å². The second kappa shape index (κ2) is 10.3. The molecule has 1 atom stereocenters. The SMILES string of the molecule is Cc1cccc(CN(C(=O)Cc2cccc(Cl)c2)C(C)C(=O)NCC(C)C)c1. The Morgan fingerprint density at radius 3 is 2.36 bits per heavy atom. The van der Waals surface area contributed by atoms with Gasteiger partial charge in [0.2, 0.25) is 11.8 Å². The molecule has 0 heterocycles. The summed E-state index contributed by atoms with van der Waals surface area (Å²) in [6, 6.07) is 14.7. The first-order chi connectivity index (χ1) is 13.3. The van der Waals surface area contributed by atoms with Gasteiger partial charge in [-0.2, -0.15) is 0 Å². The van der Waals surface area contributed by atoms with Crippen LogP contribution in [0.15, 0.2) is 48.5 Å². The molecule has 28 heavy (non-hydrogen) atoms. The van der Waals surface area contributed by atoms with Crippen LogP contribution in [0.2, 0.25) is 5.02 Å². The molecule has 0 spiro atoms. The summed E-state index contributed by atoms with van der Waals surface area (Å²) in [5.74, 6) is 0.111. The number of nitrogens with zero attached hydrogens (tertiary/aromatic N) is 1. The van der Waals surface area contributed by atoms with E-state index >= 15 is 0 Å². The number of amides is 2. The normalized spacial score (nSPS) is 11.9. The molecule has 0 aliphatic carbocycles. The zero-order valence-electron chi connectivity index (χ0n) is 17.0. The minimum absolute atomic E-state index is 0.101. The highest BCUT2D eigenvalue weighted by Gasteiger charge is 2.26. The van der Waals surface area contributed by atoms with Crippen LogP contribution in [-0.4, -0.2) is 29.3 Å². The van der Waals surface area contributed by atoms with Gasteiger partial charge in [0.1, 0.15) is 6.04 Å². The maximum absolute atomic E-state index is 13.1. The molecule has 0 aliphatic heterocycles. The van der Waals surface area contributed by atoms with Crippen LogP contribution < -0.4 is 5.32 Å². The van der Waals surface area contributed by atoms with Crippen molar-refractivity contribution in [1.82, 2.24) is 10.2 Å². The molecule has 0 saturated heterocycles. The Bertz CT molecular complexity index is 820. The third kappa shape index (κ3) is 6.68. The number of aryl methyl sites for hydroxylation is 1. The van der Waals surface area contributed by atoms with E-state index in [2.05, 4.69) is 5.32 Å². The summed E-state index contributed by atoms with van der Waals surface area (Å²) in [5.41, 5.74) is 2.96. The Morgan fingerprint density at radius 1 is 1.04 bits per heavy atom. The molecular weight excluding hydrogens is 372 g/mol. The Morgan fingerprint density at radius 2 is 1.71 bits per heavy atom. The zero-order chi connectivity index (χ0) is 20.7. The molecule has 0 fully saturated rings. The van der Waals surface area contributed by atoms with Gasteiger partial charge in [0.25, 0.3) is 0 Å². The number of nitrogens with one attached hydrogen (secondary N) is 1. The number of rotatable bonds is 8. The highest BCUT2D eigenvalue weighted by Crippen LogP contribution is 2.16. The molecule has 0 aliphatic rings. The topological polar surface area (TPSA) is 49.4 Å². The van der Waals surface area contributed by atoms with E-state index in [0.717, 1.165) is 16.7 Å². The molecule has 5 heteroatoms. The van der Waals surface area contributed by atoms with Gasteiger partial charge in [0.05, 0.1) is 6.42 Å². The van der Waals surface area contributed by atoms with Crippen LogP contribution in [0.1, 0.15) is 37.5 Å². The van der Waals surface area contributed by atoms with Crippen molar-refractivity contribution in [3.8, 4) is 0 Å². The molecule has 0 bridgehead atoms. The summed E-state index contributed by atoms with van der Waals surface area (Å²) in [6.45, 7) is 8.85. The summed E-state index contributed by atoms with van der Waals surface area (Å²) >= 11 is 6.05. The lowest BCUT2D eigenvalue weighted by atomic mass is 10.1. The maximum Gasteiger partial charge on any atom is 0.242 e. The van der Waals surface area contributed by atoms with Gasteiger partial charge in [0.15, 0.2) is 0 Å². The predicted octanol–water partition coefficient (Wildman–Crippen LogP) is 4.38. The number of hydrogen-bond donors (Lipinski definition) is 1. The fourth-order valence-electron chi connectivity index (χ4n) is 2.97. The summed E-state index contributed by atoms with van der Waals surface area (Å²) in [7, 11) is 0. The summed E-state index contributed by atoms with van der Waals surface area (Å²) < 4.78 is 0. The van der Waals surface area contributed by atoms with E-state index < -0.39 is 6.04 Å². The van der Waals surface area contributed by atoms with Crippen LogP contribution in [0.25, 0.3) is 0 Å². The van der Waals surface area contributed by atoms with Crippen molar-refractivity contribution in [2.75, 3.05) is 6.54 Å². The number of benzene rings is 2. The molecule has 0 radical (unpaired) electrons. The van der Waals surface area contributed by atoms with Gasteiger partial charge in [-0.3, -0.25) is 9.59 Å². The Kier molecular flexibility index (Phi) is 8.06. The van der Waals surface area contributed by atoms with Crippen molar-refractivity contribution in [3.05, 3.63) is 70.2 Å². The molecule has 0 saturated carbocycles. The number of carbonyl (C=O) groups excluding carboxylic acids is 2. The van der Waals surface area contributed by atoms with Crippen LogP contribution >= 0.6 is 11.6 Å². The van der Waals surface area contributed by atoms with Crippen LogP contribution in [0.5, 0.6) is 0 Å². The molecule has 1 N–H and O–H groups in total. The first-order valence-electron chi connectivity index (χ1n) is 9.63. The number of carbonyl (C=O) groups is 2. The molecule has 0 aromatic heterocycles. The van der Waals surface area contributed by atoms with E-state index in [9.17, 15) is 9.59 Å². The van der Waals surface area contributed by atoms with Crippen molar-refractivity contribution < 1.29 is 9.59 Å². The molecule has 2 aromatic carbocycles. The van der Waals surface area contributed by atoms with E-state index in [0.29, 0.717) is 24.0 Å². The zero-order valence-corrected chi connectivity index (χ0v) is 17.8. The highest BCUT2D eigenvalue weighted by atomic mass is 35.5. The Balaban J connectivity index is 2.21. The van der Waals surface area contributed by atoms with Crippen LogP contribution in [0.4, 0.5) is 0 Å². The van der Waals surface area contributed by atoms with E-state index in [-0.39, 0.29) is 18.2 Å². The van der Waals surface area contributed by atoms with E-state index in [1.807, 2.05) is 57.2 Å². The fraction of sp³-hybridized carbons (Fsp3) is 0.391. The van der Waals surface area contributed by atoms with Gasteiger partial charge in [-0.05, 0) is 43.0 Å². The Labute approximate surface area is 172 Å². The first-order valence-corrected chi connectivity index (χ1v) is 10.0. The van der Waals surface area contributed by atoms with Crippen molar-refractivity contribution >= 4 is 23.4 Å². The molecule has 1 unspecified atom stereocenters. The number of hydrogen-bond acceptors (Lipinski definition) is 2. The summed E-state index contributed by atoms with van der Waals surface area (Å²) in [4.78, 5) is 27.4. The largest absolute Gasteiger partial charge is 0.354 e. The molecule has 150 valence electrons. The third-order valence-electron chi connectivity index (χ3n) is 4.53. The molecular formula is C23H29ClN2O2. The van der Waals surface area contributed by atoms with Crippen molar-refractivity contribution in [2.45, 2.75) is 46.7 Å². The lowest BCUT2D eigenvalue weighted by Gasteiger charge is -2.29. The van der Waals surface area contributed by atoms with Gasteiger partial charge in [-0.25, -0.2) is 0 Å². The lowest BCUT2D eigenvalue weighted by Crippen LogP contribution is -2.48. The quantitative estimate of drug-likeness (QED) is 0.714. The average Bonchev–Trinajstić information content (AvgIpc) is 2.63. The molecule has 2 aromatic rings. The van der Waals surface area contributed by atoms with E-state index in [4.69, 9.17) is 11.6 Å². The highest BCUT2D eigenvalue weighted by molar-refractivity contribution is 6.30. The second-order valence-corrected chi connectivity index (χ2v) is 8.07. The van der Waals surface area contributed by atoms with Gasteiger partial charge >= 0.3 is 0 Å². The lowest BCUT2D eigenvalue weighted by molar-refractivity contribution is -0.140. The summed E-state index contributed by atoms with van der Waals surface area (Å²) in [5, 5.41) is 3.53. The molecule has 2 rings (SSSR count). The smallest absolute Gasteiger partial charge is 0.242 e. The van der Waals surface area contributed by atoms with Crippen LogP contribution in [-0.2, 0) is 22.6 Å². The average molecular weight is 401 g/mol. The van der Waals surface area contributed by atoms with E-state index in [1.165, 1.54) is 0 Å².